The lowest BCUT2D eigenvalue weighted by atomic mass is 10.1. The summed E-state index contributed by atoms with van der Waals surface area (Å²) in [6.07, 6.45) is 1.56. The summed E-state index contributed by atoms with van der Waals surface area (Å²) in [5.74, 6) is -1.69. The third-order valence-electron chi connectivity index (χ3n) is 4.60. The summed E-state index contributed by atoms with van der Waals surface area (Å²) < 4.78 is 0. The molecule has 0 aliphatic carbocycles. The Labute approximate surface area is 178 Å². The van der Waals surface area contributed by atoms with Crippen LogP contribution in [0.2, 0.25) is 0 Å². The summed E-state index contributed by atoms with van der Waals surface area (Å²) in [5.41, 5.74) is 1.41. The molecule has 0 bridgehead atoms. The molecule has 0 radical (unpaired) electrons. The van der Waals surface area contributed by atoms with Gasteiger partial charge in [-0.25, -0.2) is 9.80 Å². The number of imide groups is 1. The van der Waals surface area contributed by atoms with E-state index in [9.17, 15) is 14.4 Å². The molecular formula is C24H16N2O3S. The Kier molecular flexibility index (Phi) is 5.32. The van der Waals surface area contributed by atoms with Gasteiger partial charge in [0.15, 0.2) is 5.11 Å². The van der Waals surface area contributed by atoms with Crippen LogP contribution in [-0.2, 0) is 4.79 Å². The molecule has 4 rings (SSSR count). The van der Waals surface area contributed by atoms with E-state index in [2.05, 4.69) is 0 Å². The van der Waals surface area contributed by atoms with Crippen LogP contribution in [0, 0.1) is 0 Å². The number of amides is 3. The van der Waals surface area contributed by atoms with Crippen LogP contribution >= 0.6 is 12.2 Å². The normalized spacial score (nSPS) is 15.0. The number of carbonyl (C=O) groups excluding carboxylic acids is 3. The van der Waals surface area contributed by atoms with Gasteiger partial charge in [0.1, 0.15) is 5.70 Å². The molecule has 0 atom stereocenters. The Morgan fingerprint density at radius 3 is 1.60 bits per heavy atom. The van der Waals surface area contributed by atoms with Crippen molar-refractivity contribution in [2.45, 2.75) is 0 Å². The molecule has 1 aliphatic heterocycles. The van der Waals surface area contributed by atoms with Gasteiger partial charge in [0.2, 0.25) is 0 Å². The molecule has 30 heavy (non-hydrogen) atoms. The minimum Gasteiger partial charge on any atom is -0.268 e. The highest BCUT2D eigenvalue weighted by Gasteiger charge is 2.45. The standard InChI is InChI=1S/C24H16N2O3S/c27-21(18-12-6-2-7-13-18)25-20(16-17-10-4-1-5-11-17)23(29)26(24(25)30)22(28)19-14-8-3-9-15-19/h1-16H/b20-16+. The molecule has 1 fully saturated rings. The highest BCUT2D eigenvalue weighted by atomic mass is 32.1. The fraction of sp³-hybridized carbons (Fsp3) is 0. The van der Waals surface area contributed by atoms with E-state index in [1.807, 2.05) is 18.2 Å². The lowest BCUT2D eigenvalue weighted by Gasteiger charge is -2.18. The van der Waals surface area contributed by atoms with Crippen molar-refractivity contribution < 1.29 is 14.4 Å². The summed E-state index contributed by atoms with van der Waals surface area (Å²) >= 11 is 5.43. The molecule has 0 saturated carbocycles. The van der Waals surface area contributed by atoms with Gasteiger partial charge in [-0.2, -0.15) is 0 Å². The zero-order valence-electron chi connectivity index (χ0n) is 15.8. The Morgan fingerprint density at radius 2 is 1.10 bits per heavy atom. The SMILES string of the molecule is O=C1/C(=C\c2ccccc2)N(C(=O)c2ccccc2)C(=S)N1C(=O)c1ccccc1. The maximum Gasteiger partial charge on any atom is 0.284 e. The van der Waals surface area contributed by atoms with E-state index in [1.54, 1.807) is 78.9 Å². The van der Waals surface area contributed by atoms with Gasteiger partial charge < -0.3 is 0 Å². The summed E-state index contributed by atoms with van der Waals surface area (Å²) in [7, 11) is 0. The maximum absolute atomic E-state index is 13.2. The van der Waals surface area contributed by atoms with Crippen molar-refractivity contribution in [2.75, 3.05) is 0 Å². The van der Waals surface area contributed by atoms with Crippen molar-refractivity contribution in [2.24, 2.45) is 0 Å². The van der Waals surface area contributed by atoms with Crippen molar-refractivity contribution in [1.82, 2.24) is 9.80 Å². The van der Waals surface area contributed by atoms with E-state index in [0.29, 0.717) is 16.7 Å². The number of nitrogens with zero attached hydrogens (tertiary/aromatic N) is 2. The van der Waals surface area contributed by atoms with Gasteiger partial charge in [0.05, 0.1) is 0 Å². The van der Waals surface area contributed by atoms with Crippen molar-refractivity contribution >= 4 is 41.1 Å². The molecule has 0 unspecified atom stereocenters. The predicted molar refractivity (Wildman–Crippen MR) is 117 cm³/mol. The molecule has 0 N–H and O–H groups in total. The smallest absolute Gasteiger partial charge is 0.268 e. The number of hydrogen-bond acceptors (Lipinski definition) is 4. The Bertz CT molecular complexity index is 1160. The largest absolute Gasteiger partial charge is 0.284 e. The molecule has 0 spiro atoms. The average molecular weight is 412 g/mol. The van der Waals surface area contributed by atoms with Crippen LogP contribution in [-0.4, -0.2) is 32.6 Å². The number of rotatable bonds is 3. The summed E-state index contributed by atoms with van der Waals surface area (Å²) in [6.45, 7) is 0. The molecular weight excluding hydrogens is 396 g/mol. The zero-order valence-corrected chi connectivity index (χ0v) is 16.6. The molecule has 3 aromatic rings. The van der Waals surface area contributed by atoms with Gasteiger partial charge in [-0.15, -0.1) is 0 Å². The van der Waals surface area contributed by atoms with E-state index in [0.717, 1.165) is 9.80 Å². The van der Waals surface area contributed by atoms with Gasteiger partial charge in [0, 0.05) is 11.1 Å². The Morgan fingerprint density at radius 1 is 0.667 bits per heavy atom. The quantitative estimate of drug-likeness (QED) is 0.369. The number of hydrogen-bond donors (Lipinski definition) is 0. The summed E-state index contributed by atoms with van der Waals surface area (Å²) in [4.78, 5) is 41.5. The first kappa shape index (κ1) is 19.4. The first-order valence-electron chi connectivity index (χ1n) is 9.22. The highest BCUT2D eigenvalue weighted by molar-refractivity contribution is 7.80. The monoisotopic (exact) mass is 412 g/mol. The molecule has 3 amide bonds. The fourth-order valence-corrected chi connectivity index (χ4v) is 3.48. The highest BCUT2D eigenvalue weighted by Crippen LogP contribution is 2.27. The van der Waals surface area contributed by atoms with E-state index >= 15 is 0 Å². The summed E-state index contributed by atoms with van der Waals surface area (Å²) in [5, 5.41) is -0.162. The Balaban J connectivity index is 1.80. The van der Waals surface area contributed by atoms with Gasteiger partial charge in [-0.3, -0.25) is 14.4 Å². The first-order chi connectivity index (χ1) is 14.6. The molecule has 3 aromatic carbocycles. The zero-order chi connectivity index (χ0) is 21.1. The van der Waals surface area contributed by atoms with Crippen LogP contribution in [0.1, 0.15) is 26.3 Å². The summed E-state index contributed by atoms with van der Waals surface area (Å²) in [6, 6.07) is 26.0. The van der Waals surface area contributed by atoms with Crippen LogP contribution in [0.25, 0.3) is 6.08 Å². The fourth-order valence-electron chi connectivity index (χ4n) is 3.13. The Hall–Kier alpha value is -3.90. The van der Waals surface area contributed by atoms with Crippen LogP contribution in [0.5, 0.6) is 0 Å². The molecule has 146 valence electrons. The van der Waals surface area contributed by atoms with E-state index in [-0.39, 0.29) is 10.8 Å². The van der Waals surface area contributed by atoms with Gasteiger partial charge in [0.25, 0.3) is 17.7 Å². The number of carbonyl (C=O) groups is 3. The average Bonchev–Trinajstić information content (AvgIpc) is 3.04. The lowest BCUT2D eigenvalue weighted by Crippen LogP contribution is -2.39. The van der Waals surface area contributed by atoms with E-state index in [1.165, 1.54) is 0 Å². The number of benzene rings is 3. The lowest BCUT2D eigenvalue weighted by molar-refractivity contribution is -0.120. The van der Waals surface area contributed by atoms with Crippen LogP contribution < -0.4 is 0 Å². The number of thiocarbonyl (C=S) groups is 1. The van der Waals surface area contributed by atoms with Gasteiger partial charge in [-0.05, 0) is 48.1 Å². The topological polar surface area (TPSA) is 57.7 Å². The molecule has 1 heterocycles. The van der Waals surface area contributed by atoms with Crippen molar-refractivity contribution in [3.63, 3.8) is 0 Å². The van der Waals surface area contributed by atoms with E-state index < -0.39 is 17.7 Å². The molecule has 1 saturated heterocycles. The predicted octanol–water partition coefficient (Wildman–Crippen LogP) is 4.14. The van der Waals surface area contributed by atoms with Gasteiger partial charge in [-0.1, -0.05) is 66.7 Å². The third kappa shape index (κ3) is 3.56. The second-order valence-corrected chi connectivity index (χ2v) is 6.91. The van der Waals surface area contributed by atoms with Crippen LogP contribution in [0.4, 0.5) is 0 Å². The minimum atomic E-state index is -0.637. The van der Waals surface area contributed by atoms with Gasteiger partial charge >= 0.3 is 0 Å². The second kappa shape index (κ2) is 8.23. The van der Waals surface area contributed by atoms with Crippen molar-refractivity contribution in [3.05, 3.63) is 113 Å². The van der Waals surface area contributed by atoms with Crippen LogP contribution in [0.15, 0.2) is 96.7 Å². The van der Waals surface area contributed by atoms with Crippen LogP contribution in [0.3, 0.4) is 0 Å². The second-order valence-electron chi connectivity index (χ2n) is 6.54. The molecule has 5 nitrogen and oxygen atoms in total. The molecule has 0 aromatic heterocycles. The first-order valence-corrected chi connectivity index (χ1v) is 9.63. The molecule has 6 heteroatoms. The maximum atomic E-state index is 13.2. The minimum absolute atomic E-state index is 0.0318. The molecule has 1 aliphatic rings. The van der Waals surface area contributed by atoms with Crippen molar-refractivity contribution in [1.29, 1.82) is 0 Å². The van der Waals surface area contributed by atoms with E-state index in [4.69, 9.17) is 12.2 Å². The third-order valence-corrected chi connectivity index (χ3v) is 4.96. The van der Waals surface area contributed by atoms with Crippen molar-refractivity contribution in [3.8, 4) is 0 Å².